The SMILES string of the molecule is NC(CCCCCO)c1ccccc1. The van der Waals surface area contributed by atoms with Crippen molar-refractivity contribution in [3.8, 4) is 0 Å². The zero-order valence-electron chi connectivity index (χ0n) is 8.52. The van der Waals surface area contributed by atoms with Gasteiger partial charge < -0.3 is 10.8 Å². The van der Waals surface area contributed by atoms with E-state index in [-0.39, 0.29) is 6.04 Å². The van der Waals surface area contributed by atoms with Gasteiger partial charge >= 0.3 is 0 Å². The molecule has 1 aromatic carbocycles. The van der Waals surface area contributed by atoms with E-state index in [1.807, 2.05) is 18.2 Å². The summed E-state index contributed by atoms with van der Waals surface area (Å²) in [6, 6.07) is 10.3. The molecule has 0 saturated heterocycles. The van der Waals surface area contributed by atoms with E-state index in [1.54, 1.807) is 0 Å². The molecule has 1 rings (SSSR count). The van der Waals surface area contributed by atoms with Gasteiger partial charge in [-0.15, -0.1) is 0 Å². The molecule has 1 atom stereocenters. The molecule has 0 amide bonds. The van der Waals surface area contributed by atoms with Crippen molar-refractivity contribution in [3.05, 3.63) is 35.9 Å². The summed E-state index contributed by atoms with van der Waals surface area (Å²) in [4.78, 5) is 0. The smallest absolute Gasteiger partial charge is 0.0431 e. The number of benzene rings is 1. The molecular formula is C12H19NO. The normalized spacial score (nSPS) is 12.7. The van der Waals surface area contributed by atoms with Gasteiger partial charge in [0.05, 0.1) is 0 Å². The summed E-state index contributed by atoms with van der Waals surface area (Å²) < 4.78 is 0. The average molecular weight is 193 g/mol. The predicted octanol–water partition coefficient (Wildman–Crippen LogP) is 2.24. The minimum absolute atomic E-state index is 0.148. The number of aliphatic hydroxyl groups excluding tert-OH is 1. The van der Waals surface area contributed by atoms with E-state index in [2.05, 4.69) is 12.1 Å². The minimum Gasteiger partial charge on any atom is -0.396 e. The highest BCUT2D eigenvalue weighted by Crippen LogP contribution is 2.16. The Balaban J connectivity index is 2.25. The Morgan fingerprint density at radius 3 is 2.43 bits per heavy atom. The Morgan fingerprint density at radius 2 is 1.79 bits per heavy atom. The molecule has 0 fully saturated rings. The van der Waals surface area contributed by atoms with Crippen LogP contribution in [-0.2, 0) is 0 Å². The van der Waals surface area contributed by atoms with Crippen molar-refractivity contribution >= 4 is 0 Å². The zero-order chi connectivity index (χ0) is 10.2. The lowest BCUT2D eigenvalue weighted by Gasteiger charge is -2.11. The number of nitrogens with two attached hydrogens (primary N) is 1. The molecule has 0 spiro atoms. The number of hydrogen-bond donors (Lipinski definition) is 2. The van der Waals surface area contributed by atoms with Gasteiger partial charge in [0.2, 0.25) is 0 Å². The highest BCUT2D eigenvalue weighted by molar-refractivity contribution is 5.18. The van der Waals surface area contributed by atoms with Crippen molar-refractivity contribution < 1.29 is 5.11 Å². The molecule has 0 saturated carbocycles. The van der Waals surface area contributed by atoms with Crippen molar-refractivity contribution in [1.29, 1.82) is 0 Å². The highest BCUT2D eigenvalue weighted by Gasteiger charge is 2.03. The molecule has 0 aromatic heterocycles. The molecule has 1 aromatic rings. The number of hydrogen-bond acceptors (Lipinski definition) is 2. The molecule has 0 aliphatic heterocycles. The molecule has 0 aliphatic carbocycles. The first-order chi connectivity index (χ1) is 6.84. The maximum absolute atomic E-state index is 8.62. The third-order valence-electron chi connectivity index (χ3n) is 2.40. The fourth-order valence-corrected chi connectivity index (χ4v) is 1.52. The molecule has 0 aliphatic rings. The Hall–Kier alpha value is -0.860. The first-order valence-corrected chi connectivity index (χ1v) is 5.26. The molecule has 1 unspecified atom stereocenters. The fourth-order valence-electron chi connectivity index (χ4n) is 1.52. The summed E-state index contributed by atoms with van der Waals surface area (Å²) >= 11 is 0. The summed E-state index contributed by atoms with van der Waals surface area (Å²) in [5, 5.41) is 8.62. The minimum atomic E-state index is 0.148. The van der Waals surface area contributed by atoms with E-state index in [9.17, 15) is 0 Å². The predicted molar refractivity (Wildman–Crippen MR) is 58.9 cm³/mol. The number of aliphatic hydroxyl groups is 1. The van der Waals surface area contributed by atoms with Gasteiger partial charge in [0.25, 0.3) is 0 Å². The van der Waals surface area contributed by atoms with Crippen molar-refractivity contribution in [1.82, 2.24) is 0 Å². The maximum Gasteiger partial charge on any atom is 0.0431 e. The number of rotatable bonds is 6. The van der Waals surface area contributed by atoms with E-state index in [4.69, 9.17) is 10.8 Å². The van der Waals surface area contributed by atoms with Crippen LogP contribution >= 0.6 is 0 Å². The van der Waals surface area contributed by atoms with E-state index in [0.717, 1.165) is 25.7 Å². The van der Waals surface area contributed by atoms with Crippen LogP contribution in [0.1, 0.15) is 37.3 Å². The lowest BCUT2D eigenvalue weighted by atomic mass is 10.0. The molecule has 14 heavy (non-hydrogen) atoms. The van der Waals surface area contributed by atoms with Crippen LogP contribution in [0.3, 0.4) is 0 Å². The van der Waals surface area contributed by atoms with Gasteiger partial charge in [-0.2, -0.15) is 0 Å². The van der Waals surface area contributed by atoms with Crippen LogP contribution in [0.5, 0.6) is 0 Å². The van der Waals surface area contributed by atoms with Gasteiger partial charge in [0, 0.05) is 12.6 Å². The van der Waals surface area contributed by atoms with E-state index < -0.39 is 0 Å². The van der Waals surface area contributed by atoms with Gasteiger partial charge in [-0.3, -0.25) is 0 Å². The molecule has 3 N–H and O–H groups in total. The van der Waals surface area contributed by atoms with Crippen LogP contribution in [0.2, 0.25) is 0 Å². The molecule has 2 heteroatoms. The van der Waals surface area contributed by atoms with Crippen LogP contribution < -0.4 is 5.73 Å². The lowest BCUT2D eigenvalue weighted by molar-refractivity contribution is 0.282. The highest BCUT2D eigenvalue weighted by atomic mass is 16.2. The quantitative estimate of drug-likeness (QED) is 0.681. The molecule has 78 valence electrons. The standard InChI is InChI=1S/C12H19NO/c13-12(9-5-2-6-10-14)11-7-3-1-4-8-11/h1,3-4,7-8,12,14H,2,5-6,9-10,13H2. The summed E-state index contributed by atoms with van der Waals surface area (Å²) in [5.74, 6) is 0. The van der Waals surface area contributed by atoms with Crippen molar-refractivity contribution in [2.45, 2.75) is 31.7 Å². The van der Waals surface area contributed by atoms with Gasteiger partial charge in [-0.1, -0.05) is 43.2 Å². The first kappa shape index (κ1) is 11.2. The van der Waals surface area contributed by atoms with E-state index >= 15 is 0 Å². The molecular weight excluding hydrogens is 174 g/mol. The van der Waals surface area contributed by atoms with Crippen molar-refractivity contribution in [3.63, 3.8) is 0 Å². The molecule has 0 heterocycles. The third kappa shape index (κ3) is 3.90. The van der Waals surface area contributed by atoms with E-state index in [1.165, 1.54) is 5.56 Å². The Kier molecular flexibility index (Phi) is 5.27. The van der Waals surface area contributed by atoms with Gasteiger partial charge in [0.15, 0.2) is 0 Å². The molecule has 2 nitrogen and oxygen atoms in total. The van der Waals surface area contributed by atoms with Gasteiger partial charge in [-0.05, 0) is 18.4 Å². The monoisotopic (exact) mass is 193 g/mol. The second-order valence-corrected chi connectivity index (χ2v) is 3.59. The topological polar surface area (TPSA) is 46.2 Å². The fraction of sp³-hybridized carbons (Fsp3) is 0.500. The second-order valence-electron chi connectivity index (χ2n) is 3.59. The summed E-state index contributed by atoms with van der Waals surface area (Å²) in [6.07, 6.45) is 4.05. The van der Waals surface area contributed by atoms with Crippen molar-refractivity contribution in [2.75, 3.05) is 6.61 Å². The lowest BCUT2D eigenvalue weighted by Crippen LogP contribution is -2.09. The molecule has 0 radical (unpaired) electrons. The Labute approximate surface area is 85.8 Å². The zero-order valence-corrected chi connectivity index (χ0v) is 8.52. The third-order valence-corrected chi connectivity index (χ3v) is 2.40. The van der Waals surface area contributed by atoms with Crippen LogP contribution in [-0.4, -0.2) is 11.7 Å². The van der Waals surface area contributed by atoms with Crippen molar-refractivity contribution in [2.24, 2.45) is 5.73 Å². The van der Waals surface area contributed by atoms with Crippen LogP contribution in [0.25, 0.3) is 0 Å². The largest absolute Gasteiger partial charge is 0.396 e. The first-order valence-electron chi connectivity index (χ1n) is 5.26. The summed E-state index contributed by atoms with van der Waals surface area (Å²) in [6.45, 7) is 0.292. The van der Waals surface area contributed by atoms with E-state index in [0.29, 0.717) is 6.61 Å². The van der Waals surface area contributed by atoms with Gasteiger partial charge in [0.1, 0.15) is 0 Å². The van der Waals surface area contributed by atoms with Crippen LogP contribution in [0.15, 0.2) is 30.3 Å². The second kappa shape index (κ2) is 6.57. The summed E-state index contributed by atoms with van der Waals surface area (Å²) in [7, 11) is 0. The van der Waals surface area contributed by atoms with Crippen LogP contribution in [0, 0.1) is 0 Å². The maximum atomic E-state index is 8.62. The Morgan fingerprint density at radius 1 is 1.07 bits per heavy atom. The Bertz CT molecular complexity index is 235. The van der Waals surface area contributed by atoms with Gasteiger partial charge in [-0.25, -0.2) is 0 Å². The number of unbranched alkanes of at least 4 members (excludes halogenated alkanes) is 2. The average Bonchev–Trinajstić information content (AvgIpc) is 2.25. The summed E-state index contributed by atoms with van der Waals surface area (Å²) in [5.41, 5.74) is 7.22. The van der Waals surface area contributed by atoms with Crippen LogP contribution in [0.4, 0.5) is 0 Å². The molecule has 0 bridgehead atoms.